The van der Waals surface area contributed by atoms with Gasteiger partial charge >= 0.3 is 6.09 Å². The number of amides is 3. The molecule has 0 bridgehead atoms. The predicted octanol–water partition coefficient (Wildman–Crippen LogP) is 5.92. The Morgan fingerprint density at radius 1 is 1.02 bits per heavy atom. The highest BCUT2D eigenvalue weighted by molar-refractivity contribution is 5.88. The maximum atomic E-state index is 14.6. The van der Waals surface area contributed by atoms with Gasteiger partial charge in [0.2, 0.25) is 11.8 Å². The van der Waals surface area contributed by atoms with Crippen molar-refractivity contribution in [3.8, 4) is 0 Å². The molecule has 1 aromatic heterocycles. The maximum Gasteiger partial charge on any atom is 0.408 e. The van der Waals surface area contributed by atoms with E-state index >= 15 is 0 Å². The summed E-state index contributed by atoms with van der Waals surface area (Å²) in [5.74, 6) is -0.544. The fourth-order valence-electron chi connectivity index (χ4n) is 7.67. The average Bonchev–Trinajstić information content (AvgIpc) is 3.70. The minimum atomic E-state index is -0.698. The minimum Gasteiger partial charge on any atom is -0.444 e. The van der Waals surface area contributed by atoms with Crippen LogP contribution >= 0.6 is 0 Å². The van der Waals surface area contributed by atoms with Gasteiger partial charge in [-0.05, 0) is 75.3 Å². The number of carbonyl (C=O) groups excluding carboxylic acids is 3. The lowest BCUT2D eigenvalue weighted by atomic mass is 9.83. The Labute approximate surface area is 258 Å². The molecule has 6 rings (SSSR count). The number of aromatic amines is 1. The zero-order chi connectivity index (χ0) is 31.0. The summed E-state index contributed by atoms with van der Waals surface area (Å²) in [6.07, 6.45) is 7.16. The predicted molar refractivity (Wildman–Crippen MR) is 166 cm³/mol. The summed E-state index contributed by atoms with van der Waals surface area (Å²) in [5, 5.41) is 3.86. The molecule has 3 amide bonds. The van der Waals surface area contributed by atoms with Gasteiger partial charge in [-0.25, -0.2) is 9.18 Å². The van der Waals surface area contributed by atoms with Crippen molar-refractivity contribution in [3.63, 3.8) is 0 Å². The van der Waals surface area contributed by atoms with E-state index in [1.54, 1.807) is 6.07 Å². The van der Waals surface area contributed by atoms with Gasteiger partial charge in [0, 0.05) is 36.1 Å². The van der Waals surface area contributed by atoms with Gasteiger partial charge in [0.15, 0.2) is 0 Å². The molecule has 0 radical (unpaired) electrons. The lowest BCUT2D eigenvalue weighted by Crippen LogP contribution is -2.55. The number of alkyl carbamates (subject to hydrolysis) is 1. The van der Waals surface area contributed by atoms with Crippen LogP contribution in [0.3, 0.4) is 0 Å². The smallest absolute Gasteiger partial charge is 0.408 e. The van der Waals surface area contributed by atoms with Gasteiger partial charge in [0.25, 0.3) is 0 Å². The number of fused-ring (bicyclic) bond motifs is 2. The molecular weight excluding hydrogens is 559 g/mol. The molecule has 3 fully saturated rings. The monoisotopic (exact) mass is 602 g/mol. The Hall–Kier alpha value is -3.88. The number of carbonyl (C=O) groups is 3. The molecular formula is C35H43FN4O4. The Morgan fingerprint density at radius 2 is 1.77 bits per heavy atom. The van der Waals surface area contributed by atoms with Gasteiger partial charge in [-0.3, -0.25) is 9.59 Å². The van der Waals surface area contributed by atoms with E-state index in [1.165, 1.54) is 12.1 Å². The Morgan fingerprint density at radius 3 is 2.50 bits per heavy atom. The highest BCUT2D eigenvalue weighted by Crippen LogP contribution is 2.44. The molecule has 3 heterocycles. The van der Waals surface area contributed by atoms with Gasteiger partial charge < -0.3 is 24.8 Å². The minimum absolute atomic E-state index is 0.0227. The molecule has 9 heteroatoms. The van der Waals surface area contributed by atoms with E-state index in [-0.39, 0.29) is 48.0 Å². The summed E-state index contributed by atoms with van der Waals surface area (Å²) < 4.78 is 19.7. The van der Waals surface area contributed by atoms with Gasteiger partial charge in [-0.15, -0.1) is 0 Å². The molecule has 2 saturated heterocycles. The molecule has 8 nitrogen and oxygen atoms in total. The molecule has 3 aromatic rings. The Balaban J connectivity index is 1.33. The van der Waals surface area contributed by atoms with Crippen LogP contribution in [0.15, 0.2) is 54.7 Å². The number of nitrogens with one attached hydrogen (secondary N) is 2. The normalized spacial score (nSPS) is 23.0. The third kappa shape index (κ3) is 6.19. The fraction of sp³-hybridized carbons (Fsp3) is 0.514. The number of benzene rings is 2. The third-order valence-corrected chi connectivity index (χ3v) is 9.56. The molecule has 2 N–H and O–H groups in total. The van der Waals surface area contributed by atoms with Crippen LogP contribution in [-0.2, 0) is 20.7 Å². The summed E-state index contributed by atoms with van der Waals surface area (Å²) in [5.41, 5.74) is 1.92. The van der Waals surface area contributed by atoms with E-state index in [4.69, 9.17) is 4.74 Å². The van der Waals surface area contributed by atoms with Crippen molar-refractivity contribution >= 4 is 28.8 Å². The third-order valence-electron chi connectivity index (χ3n) is 9.56. The summed E-state index contributed by atoms with van der Waals surface area (Å²) in [6, 6.07) is 13.3. The molecule has 3 aliphatic rings. The first-order chi connectivity index (χ1) is 21.1. The van der Waals surface area contributed by atoms with Crippen molar-refractivity contribution in [3.05, 3.63) is 71.7 Å². The van der Waals surface area contributed by atoms with Gasteiger partial charge in [-0.1, -0.05) is 49.6 Å². The van der Waals surface area contributed by atoms with E-state index < -0.39 is 17.7 Å². The van der Waals surface area contributed by atoms with Crippen LogP contribution in [0, 0.1) is 11.7 Å². The van der Waals surface area contributed by atoms with E-state index in [2.05, 4.69) is 10.3 Å². The molecule has 1 saturated carbocycles. The molecule has 44 heavy (non-hydrogen) atoms. The van der Waals surface area contributed by atoms with Crippen LogP contribution in [0.1, 0.15) is 76.3 Å². The zero-order valence-electron chi connectivity index (χ0n) is 25.9. The molecule has 2 aromatic carbocycles. The topological polar surface area (TPSA) is 94.7 Å². The molecule has 4 atom stereocenters. The number of nitrogens with zero attached hydrogens (tertiary/aromatic N) is 2. The van der Waals surface area contributed by atoms with Crippen molar-refractivity contribution < 1.29 is 23.5 Å². The second kappa shape index (κ2) is 12.3. The maximum absolute atomic E-state index is 14.6. The van der Waals surface area contributed by atoms with Crippen LogP contribution in [-0.4, -0.2) is 69.5 Å². The summed E-state index contributed by atoms with van der Waals surface area (Å²) >= 11 is 0. The van der Waals surface area contributed by atoms with Gasteiger partial charge in [-0.2, -0.15) is 0 Å². The van der Waals surface area contributed by atoms with Crippen molar-refractivity contribution in [2.75, 3.05) is 13.1 Å². The van der Waals surface area contributed by atoms with Crippen molar-refractivity contribution in [2.24, 2.45) is 5.92 Å². The average molecular weight is 603 g/mol. The van der Waals surface area contributed by atoms with E-state index in [0.717, 1.165) is 48.6 Å². The van der Waals surface area contributed by atoms with Crippen molar-refractivity contribution in [1.82, 2.24) is 20.1 Å². The van der Waals surface area contributed by atoms with Gasteiger partial charge in [0.1, 0.15) is 17.5 Å². The highest BCUT2D eigenvalue weighted by atomic mass is 19.1. The molecule has 234 valence electrons. The fourth-order valence-corrected chi connectivity index (χ4v) is 7.67. The molecule has 0 spiro atoms. The van der Waals surface area contributed by atoms with E-state index in [1.807, 2.05) is 67.1 Å². The standard InChI is InChI=1S/C35H43FN4O4/c1-35(2,3)44-34(43)38-31(23-12-8-5-9-13-23)33(42)39-17-16-29-32(39)27(26-20-37-28-19-24(36)14-15-25(26)28)21-40(29)30(41)18-22-10-6-4-7-11-22/h4,6-7,10-11,14-15,19-20,23,27,29,31-32,37H,5,8-9,12-13,16-18,21H2,1-3H3,(H,38,43). The number of hydrogen-bond acceptors (Lipinski definition) is 4. The molecule has 4 unspecified atom stereocenters. The molecule has 2 aliphatic heterocycles. The van der Waals surface area contributed by atoms with Crippen LogP contribution in [0.25, 0.3) is 10.9 Å². The number of H-pyrrole nitrogens is 1. The number of ether oxygens (including phenoxy) is 1. The second-order valence-corrected chi connectivity index (χ2v) is 13.6. The Bertz CT molecular complexity index is 1510. The van der Waals surface area contributed by atoms with Crippen LogP contribution in [0.4, 0.5) is 9.18 Å². The molecule has 1 aliphatic carbocycles. The lowest BCUT2D eigenvalue weighted by Gasteiger charge is -2.36. The summed E-state index contributed by atoms with van der Waals surface area (Å²) in [7, 11) is 0. The number of hydrogen-bond donors (Lipinski definition) is 2. The van der Waals surface area contributed by atoms with E-state index in [0.29, 0.717) is 25.0 Å². The highest BCUT2D eigenvalue weighted by Gasteiger charge is 2.53. The van der Waals surface area contributed by atoms with Crippen molar-refractivity contribution in [2.45, 2.75) is 95.4 Å². The quantitative estimate of drug-likeness (QED) is 0.366. The van der Waals surface area contributed by atoms with Crippen molar-refractivity contribution in [1.29, 1.82) is 0 Å². The van der Waals surface area contributed by atoms with Gasteiger partial charge in [0.05, 0.1) is 18.5 Å². The second-order valence-electron chi connectivity index (χ2n) is 13.6. The number of likely N-dealkylation sites (tertiary alicyclic amines) is 2. The zero-order valence-corrected chi connectivity index (χ0v) is 25.9. The first-order valence-corrected chi connectivity index (χ1v) is 16.0. The number of rotatable bonds is 6. The largest absolute Gasteiger partial charge is 0.444 e. The summed E-state index contributed by atoms with van der Waals surface area (Å²) in [4.78, 5) is 48.5. The van der Waals surface area contributed by atoms with E-state index in [9.17, 15) is 18.8 Å². The number of halogens is 1. The van der Waals surface area contributed by atoms with Crippen LogP contribution < -0.4 is 5.32 Å². The Kier molecular flexibility index (Phi) is 8.40. The number of aromatic nitrogens is 1. The first kappa shape index (κ1) is 30.2. The van der Waals surface area contributed by atoms with Crippen LogP contribution in [0.5, 0.6) is 0 Å². The first-order valence-electron chi connectivity index (χ1n) is 16.0. The van der Waals surface area contributed by atoms with Crippen LogP contribution in [0.2, 0.25) is 0 Å². The summed E-state index contributed by atoms with van der Waals surface area (Å²) in [6.45, 7) is 6.39. The lowest BCUT2D eigenvalue weighted by molar-refractivity contribution is -0.137. The SMILES string of the molecule is CC(C)(C)OC(=O)NC(C(=O)N1CCC2C1C(c1c[nH]c3cc(F)ccc13)CN2C(=O)Cc1ccccc1)C1CCCCC1.